The predicted molar refractivity (Wildman–Crippen MR) is 110 cm³/mol. The first-order chi connectivity index (χ1) is 13.0. The molecule has 1 unspecified atom stereocenters. The average Bonchev–Trinajstić information content (AvgIpc) is 3.24. The quantitative estimate of drug-likeness (QED) is 0.699. The summed E-state index contributed by atoms with van der Waals surface area (Å²) in [7, 11) is 0. The Labute approximate surface area is 168 Å². The van der Waals surface area contributed by atoms with Gasteiger partial charge in [0, 0.05) is 23.0 Å². The number of halogens is 1. The van der Waals surface area contributed by atoms with Crippen molar-refractivity contribution in [2.45, 2.75) is 26.7 Å². The van der Waals surface area contributed by atoms with E-state index in [-0.39, 0.29) is 11.8 Å². The number of carbonyl (C=O) groups is 2. The third-order valence-corrected chi connectivity index (χ3v) is 6.51. The summed E-state index contributed by atoms with van der Waals surface area (Å²) >= 11 is 7.74. The second kappa shape index (κ2) is 7.13. The van der Waals surface area contributed by atoms with E-state index < -0.39 is 0 Å². The van der Waals surface area contributed by atoms with E-state index in [1.807, 2.05) is 30.5 Å². The first-order valence-corrected chi connectivity index (χ1v) is 10.4. The van der Waals surface area contributed by atoms with Gasteiger partial charge in [-0.05, 0) is 54.8 Å². The zero-order chi connectivity index (χ0) is 19.1. The number of likely N-dealkylation sites (tertiary alicyclic amines) is 1. The van der Waals surface area contributed by atoms with Crippen molar-refractivity contribution in [3.05, 3.63) is 56.9 Å². The molecule has 27 heavy (non-hydrogen) atoms. The highest BCUT2D eigenvalue weighted by molar-refractivity contribution is 7.11. The van der Waals surface area contributed by atoms with Crippen LogP contribution in [0.4, 0.5) is 5.69 Å². The number of nitrogens with zero attached hydrogens (tertiary/aromatic N) is 2. The van der Waals surface area contributed by atoms with Gasteiger partial charge in [0.2, 0.25) is 0 Å². The van der Waals surface area contributed by atoms with Gasteiger partial charge in [-0.25, -0.2) is 4.90 Å². The maximum atomic E-state index is 13.4. The van der Waals surface area contributed by atoms with Crippen molar-refractivity contribution in [1.82, 2.24) is 4.90 Å². The molecule has 4 nitrogen and oxygen atoms in total. The Morgan fingerprint density at radius 3 is 2.67 bits per heavy atom. The molecule has 4 rings (SSSR count). The lowest BCUT2D eigenvalue weighted by molar-refractivity contribution is -0.120. The lowest BCUT2D eigenvalue weighted by atomic mass is 9.99. The first-order valence-electron chi connectivity index (χ1n) is 9.15. The summed E-state index contributed by atoms with van der Waals surface area (Å²) in [6.07, 6.45) is 2.18. The molecule has 0 bridgehead atoms. The van der Waals surface area contributed by atoms with Gasteiger partial charge in [-0.2, -0.15) is 0 Å². The van der Waals surface area contributed by atoms with Crippen LogP contribution in [-0.4, -0.2) is 29.8 Å². The molecule has 1 fully saturated rings. The smallest absolute Gasteiger partial charge is 0.282 e. The van der Waals surface area contributed by atoms with E-state index >= 15 is 0 Å². The van der Waals surface area contributed by atoms with Crippen LogP contribution in [0, 0.1) is 12.8 Å². The molecule has 140 valence electrons. The van der Waals surface area contributed by atoms with Gasteiger partial charge >= 0.3 is 0 Å². The zero-order valence-electron chi connectivity index (χ0n) is 15.4. The predicted octanol–water partition coefficient (Wildman–Crippen LogP) is 4.73. The van der Waals surface area contributed by atoms with Gasteiger partial charge in [0.05, 0.1) is 11.3 Å². The molecule has 0 saturated carbocycles. The topological polar surface area (TPSA) is 40.6 Å². The molecular formula is C21H21ClN2O2S. The van der Waals surface area contributed by atoms with Crippen LogP contribution in [0.15, 0.2) is 41.4 Å². The largest absolute Gasteiger partial charge is 0.366 e. The number of rotatable bonds is 3. The van der Waals surface area contributed by atoms with Crippen molar-refractivity contribution in [3.63, 3.8) is 0 Å². The molecule has 1 saturated heterocycles. The van der Waals surface area contributed by atoms with Crippen LogP contribution in [0.3, 0.4) is 0 Å². The maximum Gasteiger partial charge on any atom is 0.282 e. The van der Waals surface area contributed by atoms with Crippen LogP contribution in [0.1, 0.15) is 30.2 Å². The zero-order valence-corrected chi connectivity index (χ0v) is 16.9. The summed E-state index contributed by atoms with van der Waals surface area (Å²) in [4.78, 5) is 30.9. The van der Waals surface area contributed by atoms with Gasteiger partial charge in [-0.15, -0.1) is 11.3 Å². The molecule has 1 atom stereocenters. The number of anilines is 1. The Bertz CT molecular complexity index is 936. The second-order valence-electron chi connectivity index (χ2n) is 7.27. The van der Waals surface area contributed by atoms with Gasteiger partial charge < -0.3 is 4.90 Å². The summed E-state index contributed by atoms with van der Waals surface area (Å²) in [6.45, 7) is 5.69. The Hall–Kier alpha value is -2.11. The molecule has 6 heteroatoms. The number of aryl methyl sites for hydroxylation is 1. The minimum Gasteiger partial charge on any atom is -0.366 e. The summed E-state index contributed by atoms with van der Waals surface area (Å²) in [5.41, 5.74) is 2.48. The van der Waals surface area contributed by atoms with Crippen LogP contribution in [0.25, 0.3) is 5.57 Å². The summed E-state index contributed by atoms with van der Waals surface area (Å²) in [6, 6.07) is 9.13. The fraction of sp³-hybridized carbons (Fsp3) is 0.333. The van der Waals surface area contributed by atoms with Crippen molar-refractivity contribution in [3.8, 4) is 0 Å². The van der Waals surface area contributed by atoms with Gasteiger partial charge in [0.1, 0.15) is 5.70 Å². The molecule has 0 aliphatic carbocycles. The molecule has 0 spiro atoms. The standard InChI is InChI=1S/C21H21ClN2O2S/c1-13-5-3-9-23(12-13)19-18(17-6-4-10-27-17)20(25)24(21(19)26)15-8-7-14(2)16(22)11-15/h4,6-8,10-11,13H,3,5,9,12H2,1-2H3. The van der Waals surface area contributed by atoms with Crippen LogP contribution < -0.4 is 4.90 Å². The normalized spacial score (nSPS) is 20.8. The lowest BCUT2D eigenvalue weighted by Crippen LogP contribution is -2.39. The Balaban J connectivity index is 1.80. The molecule has 2 aliphatic heterocycles. The van der Waals surface area contributed by atoms with E-state index in [1.165, 1.54) is 16.2 Å². The van der Waals surface area contributed by atoms with Crippen molar-refractivity contribution in [1.29, 1.82) is 0 Å². The van der Waals surface area contributed by atoms with Crippen LogP contribution in [0.2, 0.25) is 5.02 Å². The van der Waals surface area contributed by atoms with Gasteiger partial charge in [-0.3, -0.25) is 9.59 Å². The average molecular weight is 401 g/mol. The van der Waals surface area contributed by atoms with E-state index in [0.29, 0.717) is 27.9 Å². The number of benzene rings is 1. The highest BCUT2D eigenvalue weighted by Crippen LogP contribution is 2.38. The van der Waals surface area contributed by atoms with Crippen molar-refractivity contribution in [2.24, 2.45) is 5.92 Å². The van der Waals surface area contributed by atoms with Gasteiger partial charge in [0.15, 0.2) is 0 Å². The molecule has 0 radical (unpaired) electrons. The molecule has 2 amide bonds. The summed E-state index contributed by atoms with van der Waals surface area (Å²) < 4.78 is 0. The second-order valence-corrected chi connectivity index (χ2v) is 8.63. The van der Waals surface area contributed by atoms with Crippen LogP contribution in [-0.2, 0) is 9.59 Å². The lowest BCUT2D eigenvalue weighted by Gasteiger charge is -2.33. The maximum absolute atomic E-state index is 13.4. The number of thiophene rings is 1. The van der Waals surface area contributed by atoms with Gasteiger partial charge in [0.25, 0.3) is 11.8 Å². The minimum absolute atomic E-state index is 0.252. The molecule has 3 heterocycles. The van der Waals surface area contributed by atoms with E-state index in [2.05, 4.69) is 11.8 Å². The fourth-order valence-electron chi connectivity index (χ4n) is 3.80. The monoisotopic (exact) mass is 400 g/mol. The highest BCUT2D eigenvalue weighted by Gasteiger charge is 2.43. The van der Waals surface area contributed by atoms with Crippen molar-refractivity contribution < 1.29 is 9.59 Å². The molecule has 2 aromatic rings. The Morgan fingerprint density at radius 1 is 1.19 bits per heavy atom. The van der Waals surface area contributed by atoms with E-state index in [0.717, 1.165) is 36.4 Å². The van der Waals surface area contributed by atoms with Crippen molar-refractivity contribution >= 4 is 46.0 Å². The van der Waals surface area contributed by atoms with Crippen LogP contribution >= 0.6 is 22.9 Å². The number of hydrogen-bond donors (Lipinski definition) is 0. The Kier molecular flexibility index (Phi) is 4.82. The minimum atomic E-state index is -0.268. The highest BCUT2D eigenvalue weighted by atomic mass is 35.5. The first kappa shape index (κ1) is 18.3. The summed E-state index contributed by atoms with van der Waals surface area (Å²) in [5, 5.41) is 2.48. The summed E-state index contributed by atoms with van der Waals surface area (Å²) in [5.74, 6) is -0.0189. The number of amides is 2. The molecule has 1 aromatic carbocycles. The molecule has 0 N–H and O–H groups in total. The van der Waals surface area contributed by atoms with Crippen molar-refractivity contribution in [2.75, 3.05) is 18.0 Å². The van der Waals surface area contributed by atoms with E-state index in [9.17, 15) is 9.59 Å². The number of piperidine rings is 1. The molecule has 1 aromatic heterocycles. The number of carbonyl (C=O) groups excluding carboxylic acids is 2. The van der Waals surface area contributed by atoms with E-state index in [4.69, 9.17) is 11.6 Å². The number of hydrogen-bond acceptors (Lipinski definition) is 4. The number of imide groups is 1. The third-order valence-electron chi connectivity index (χ3n) is 5.21. The van der Waals surface area contributed by atoms with E-state index in [1.54, 1.807) is 12.1 Å². The fourth-order valence-corrected chi connectivity index (χ4v) is 4.74. The molecule has 2 aliphatic rings. The van der Waals surface area contributed by atoms with Gasteiger partial charge in [-0.1, -0.05) is 30.7 Å². The van der Waals surface area contributed by atoms with Crippen LogP contribution in [0.5, 0.6) is 0 Å². The molecular weight excluding hydrogens is 380 g/mol. The Morgan fingerprint density at radius 2 is 2.00 bits per heavy atom. The SMILES string of the molecule is Cc1ccc(N2C(=O)C(c3cccs3)=C(N3CCCC(C)C3)C2=O)cc1Cl. The third kappa shape index (κ3) is 3.19.